The number of nitrogens with zero attached hydrogens (tertiary/aromatic N) is 1. The first kappa shape index (κ1) is 17.4. The predicted molar refractivity (Wildman–Crippen MR) is 91.7 cm³/mol. The molecule has 1 aromatic carbocycles. The summed E-state index contributed by atoms with van der Waals surface area (Å²) in [5.74, 6) is 1.11. The summed E-state index contributed by atoms with van der Waals surface area (Å²) in [4.78, 5) is 12.2. The maximum absolute atomic E-state index is 12.2. The molecule has 0 aliphatic heterocycles. The van der Waals surface area contributed by atoms with E-state index in [1.807, 2.05) is 24.3 Å². The van der Waals surface area contributed by atoms with E-state index in [4.69, 9.17) is 15.0 Å². The minimum absolute atomic E-state index is 0.0834. The number of hydrogen-bond acceptors (Lipinski definition) is 6. The van der Waals surface area contributed by atoms with Crippen molar-refractivity contribution < 1.29 is 19.2 Å². The van der Waals surface area contributed by atoms with Gasteiger partial charge in [0.1, 0.15) is 11.4 Å². The van der Waals surface area contributed by atoms with Crippen molar-refractivity contribution in [2.75, 3.05) is 7.11 Å². The number of nitrogens with one attached hydrogen (secondary N) is 1. The first-order valence-electron chi connectivity index (χ1n) is 8.38. The van der Waals surface area contributed by atoms with E-state index in [9.17, 15) is 9.90 Å². The van der Waals surface area contributed by atoms with E-state index in [1.54, 1.807) is 13.2 Å². The molecule has 3 rings (SSSR count). The van der Waals surface area contributed by atoms with Gasteiger partial charge in [0.05, 0.1) is 19.8 Å². The molecule has 1 aliphatic carbocycles. The highest BCUT2D eigenvalue weighted by molar-refractivity contribution is 5.78. The second-order valence-electron chi connectivity index (χ2n) is 6.37. The van der Waals surface area contributed by atoms with Gasteiger partial charge in [0.15, 0.2) is 5.76 Å². The smallest absolute Gasteiger partial charge is 0.223 e. The van der Waals surface area contributed by atoms with Crippen LogP contribution in [0.3, 0.4) is 0 Å². The normalized spacial score (nSPS) is 23.2. The maximum Gasteiger partial charge on any atom is 0.223 e. The Morgan fingerprint density at radius 1 is 1.40 bits per heavy atom. The number of benzene rings is 1. The van der Waals surface area contributed by atoms with Gasteiger partial charge in [0.25, 0.3) is 0 Å². The molecule has 1 aliphatic rings. The number of ether oxygens (including phenoxy) is 1. The summed E-state index contributed by atoms with van der Waals surface area (Å²) in [6.07, 6.45) is 1.14. The van der Waals surface area contributed by atoms with Crippen molar-refractivity contribution in [3.8, 4) is 17.1 Å². The lowest BCUT2D eigenvalue weighted by Crippen LogP contribution is -2.44. The Kier molecular flexibility index (Phi) is 5.35. The number of aliphatic hydroxyl groups excluding tert-OH is 1. The molecule has 7 nitrogen and oxygen atoms in total. The predicted octanol–water partition coefficient (Wildman–Crippen LogP) is 1.45. The molecule has 0 spiro atoms. The monoisotopic (exact) mass is 345 g/mol. The van der Waals surface area contributed by atoms with Gasteiger partial charge < -0.3 is 25.4 Å². The highest BCUT2D eigenvalue weighted by Crippen LogP contribution is 2.25. The van der Waals surface area contributed by atoms with Gasteiger partial charge in [0.2, 0.25) is 5.91 Å². The van der Waals surface area contributed by atoms with Crippen molar-refractivity contribution in [1.82, 2.24) is 10.5 Å². The van der Waals surface area contributed by atoms with Gasteiger partial charge in [-0.1, -0.05) is 5.16 Å². The lowest BCUT2D eigenvalue weighted by Gasteiger charge is -2.29. The zero-order valence-electron chi connectivity index (χ0n) is 14.1. The van der Waals surface area contributed by atoms with E-state index in [1.165, 1.54) is 0 Å². The third-order valence-electron chi connectivity index (χ3n) is 4.62. The fraction of sp³-hybridized carbons (Fsp3) is 0.444. The second kappa shape index (κ2) is 7.67. The number of carbonyl (C=O) groups excluding carboxylic acids is 1. The number of amides is 1. The Labute approximate surface area is 146 Å². The van der Waals surface area contributed by atoms with Crippen LogP contribution in [0.5, 0.6) is 5.75 Å². The third kappa shape index (κ3) is 4.18. The van der Waals surface area contributed by atoms with Crippen molar-refractivity contribution >= 4 is 5.91 Å². The molecule has 0 unspecified atom stereocenters. The standard InChI is InChI=1S/C18H23N3O4/c1-24-14-5-2-11(3-6-14)17-9-13(21-25-17)10-20-18(23)12-4-7-15(19)16(22)8-12/h2-3,5-6,9,12,15-16,22H,4,7-8,10,19H2,1H3,(H,20,23)/t12-,15+,16+/m0/s1. The SMILES string of the molecule is COc1ccc(-c2cc(CNC(=O)[C@H]3CC[C@@H](N)[C@H](O)C3)no2)cc1. The van der Waals surface area contributed by atoms with Crippen LogP contribution in [-0.4, -0.2) is 35.4 Å². The van der Waals surface area contributed by atoms with Crippen LogP contribution in [0, 0.1) is 5.92 Å². The molecule has 1 aromatic heterocycles. The first-order chi connectivity index (χ1) is 12.1. The molecule has 25 heavy (non-hydrogen) atoms. The summed E-state index contributed by atoms with van der Waals surface area (Å²) in [6, 6.07) is 9.03. The van der Waals surface area contributed by atoms with Crippen LogP contribution in [0.15, 0.2) is 34.9 Å². The molecule has 0 saturated heterocycles. The highest BCUT2D eigenvalue weighted by Gasteiger charge is 2.30. The molecule has 1 fully saturated rings. The average molecular weight is 345 g/mol. The van der Waals surface area contributed by atoms with E-state index in [-0.39, 0.29) is 24.4 Å². The molecule has 7 heteroatoms. The molecular formula is C18H23N3O4. The van der Waals surface area contributed by atoms with Crippen molar-refractivity contribution in [2.24, 2.45) is 11.7 Å². The summed E-state index contributed by atoms with van der Waals surface area (Å²) < 4.78 is 10.5. The van der Waals surface area contributed by atoms with Crippen molar-refractivity contribution in [2.45, 2.75) is 38.0 Å². The number of rotatable bonds is 5. The summed E-state index contributed by atoms with van der Waals surface area (Å²) in [5.41, 5.74) is 7.30. The van der Waals surface area contributed by atoms with Gasteiger partial charge in [-0.3, -0.25) is 4.79 Å². The molecule has 4 N–H and O–H groups in total. The van der Waals surface area contributed by atoms with Gasteiger partial charge in [-0.2, -0.15) is 0 Å². The maximum atomic E-state index is 12.2. The number of aliphatic hydroxyl groups is 1. The Morgan fingerprint density at radius 2 is 2.16 bits per heavy atom. The summed E-state index contributed by atoms with van der Waals surface area (Å²) >= 11 is 0. The van der Waals surface area contributed by atoms with Crippen LogP contribution >= 0.6 is 0 Å². The Morgan fingerprint density at radius 3 is 2.84 bits per heavy atom. The van der Waals surface area contributed by atoms with Crippen LogP contribution in [0.1, 0.15) is 25.0 Å². The molecule has 1 amide bonds. The molecule has 3 atom stereocenters. The van der Waals surface area contributed by atoms with E-state index < -0.39 is 6.10 Å². The second-order valence-corrected chi connectivity index (χ2v) is 6.37. The molecule has 0 radical (unpaired) electrons. The molecule has 0 bridgehead atoms. The fourth-order valence-electron chi connectivity index (χ4n) is 3.02. The van der Waals surface area contributed by atoms with Crippen molar-refractivity contribution in [3.63, 3.8) is 0 Å². The number of aromatic nitrogens is 1. The van der Waals surface area contributed by atoms with Crippen LogP contribution < -0.4 is 15.8 Å². The van der Waals surface area contributed by atoms with Crippen LogP contribution in [0.25, 0.3) is 11.3 Å². The molecule has 1 saturated carbocycles. The van der Waals surface area contributed by atoms with Gasteiger partial charge in [0, 0.05) is 23.6 Å². The largest absolute Gasteiger partial charge is 0.497 e. The highest BCUT2D eigenvalue weighted by atomic mass is 16.5. The Hall–Kier alpha value is -2.38. The molecule has 1 heterocycles. The first-order valence-corrected chi connectivity index (χ1v) is 8.38. The minimum atomic E-state index is -0.613. The lowest BCUT2D eigenvalue weighted by molar-refractivity contribution is -0.127. The van der Waals surface area contributed by atoms with E-state index in [0.29, 0.717) is 30.7 Å². The third-order valence-corrected chi connectivity index (χ3v) is 4.62. The van der Waals surface area contributed by atoms with Gasteiger partial charge in [-0.15, -0.1) is 0 Å². The number of methoxy groups -OCH3 is 1. The summed E-state index contributed by atoms with van der Waals surface area (Å²) in [5, 5.41) is 16.7. The van der Waals surface area contributed by atoms with Gasteiger partial charge in [-0.05, 0) is 43.5 Å². The number of hydrogen-bond donors (Lipinski definition) is 3. The fourth-order valence-corrected chi connectivity index (χ4v) is 3.02. The topological polar surface area (TPSA) is 111 Å². The number of nitrogens with two attached hydrogens (primary N) is 1. The summed E-state index contributed by atoms with van der Waals surface area (Å²) in [6.45, 7) is 0.289. The summed E-state index contributed by atoms with van der Waals surface area (Å²) in [7, 11) is 1.61. The average Bonchev–Trinajstić information content (AvgIpc) is 3.11. The van der Waals surface area contributed by atoms with Crippen LogP contribution in [0.4, 0.5) is 0 Å². The quantitative estimate of drug-likeness (QED) is 0.756. The van der Waals surface area contributed by atoms with E-state index in [0.717, 1.165) is 11.3 Å². The van der Waals surface area contributed by atoms with Gasteiger partial charge >= 0.3 is 0 Å². The number of carbonyl (C=O) groups is 1. The molecule has 134 valence electrons. The van der Waals surface area contributed by atoms with Crippen molar-refractivity contribution in [1.29, 1.82) is 0 Å². The molecule has 2 aromatic rings. The zero-order valence-corrected chi connectivity index (χ0v) is 14.1. The minimum Gasteiger partial charge on any atom is -0.497 e. The Balaban J connectivity index is 1.55. The van der Waals surface area contributed by atoms with Crippen LogP contribution in [0.2, 0.25) is 0 Å². The van der Waals surface area contributed by atoms with Crippen molar-refractivity contribution in [3.05, 3.63) is 36.0 Å². The van der Waals surface area contributed by atoms with Gasteiger partial charge in [-0.25, -0.2) is 0 Å². The van der Waals surface area contributed by atoms with Crippen LogP contribution in [-0.2, 0) is 11.3 Å². The van der Waals surface area contributed by atoms with E-state index in [2.05, 4.69) is 10.5 Å². The zero-order chi connectivity index (χ0) is 17.8. The Bertz CT molecular complexity index is 713. The van der Waals surface area contributed by atoms with E-state index >= 15 is 0 Å². The lowest BCUT2D eigenvalue weighted by atomic mass is 9.84. The molecular weight excluding hydrogens is 322 g/mol.